The Hall–Kier alpha value is -2.74. The summed E-state index contributed by atoms with van der Waals surface area (Å²) in [5, 5.41) is 19.0. The van der Waals surface area contributed by atoms with Crippen LogP contribution in [0.4, 0.5) is 11.5 Å². The molecule has 9 heteroatoms. The van der Waals surface area contributed by atoms with Crippen molar-refractivity contribution in [3.63, 3.8) is 0 Å². The van der Waals surface area contributed by atoms with E-state index in [0.717, 1.165) is 61.3 Å². The van der Waals surface area contributed by atoms with Gasteiger partial charge in [0.25, 0.3) is 0 Å². The quantitative estimate of drug-likeness (QED) is 0.581. The molecule has 1 amide bonds. The zero-order valence-electron chi connectivity index (χ0n) is 18.1. The van der Waals surface area contributed by atoms with Gasteiger partial charge >= 0.3 is 0 Å². The first-order valence-corrected chi connectivity index (χ1v) is 11.9. The van der Waals surface area contributed by atoms with Crippen molar-refractivity contribution in [3.05, 3.63) is 35.1 Å². The lowest BCUT2D eigenvalue weighted by molar-refractivity contribution is -0.117. The van der Waals surface area contributed by atoms with Gasteiger partial charge in [0, 0.05) is 30.8 Å². The molecule has 0 unspecified atom stereocenters. The first kappa shape index (κ1) is 21.1. The summed E-state index contributed by atoms with van der Waals surface area (Å²) in [7, 11) is 0. The minimum Gasteiger partial charge on any atom is -0.357 e. The van der Waals surface area contributed by atoms with Gasteiger partial charge in [0.15, 0.2) is 5.82 Å². The molecule has 1 aromatic carbocycles. The first-order valence-electron chi connectivity index (χ1n) is 11.5. The maximum Gasteiger partial charge on any atom is 0.224 e. The van der Waals surface area contributed by atoms with Crippen LogP contribution in [-0.2, 0) is 4.79 Å². The van der Waals surface area contributed by atoms with E-state index in [4.69, 9.17) is 16.6 Å². The average molecular weight is 454 g/mol. The molecule has 3 aromatic rings. The topological polar surface area (TPSA) is 99.7 Å². The molecule has 1 saturated heterocycles. The number of rotatable bonds is 5. The third-order valence-corrected chi connectivity index (χ3v) is 7.13. The van der Waals surface area contributed by atoms with Crippen molar-refractivity contribution in [3.8, 4) is 0 Å². The molecule has 0 spiro atoms. The van der Waals surface area contributed by atoms with Crippen LogP contribution in [0.3, 0.4) is 0 Å². The third-order valence-electron chi connectivity index (χ3n) is 6.81. The summed E-state index contributed by atoms with van der Waals surface area (Å²) < 4.78 is 0. The van der Waals surface area contributed by atoms with Gasteiger partial charge in [-0.05, 0) is 55.9 Å². The molecular formula is C23H28ClN7O. The number of fused-ring (bicyclic) bond motifs is 1. The molecule has 3 heterocycles. The summed E-state index contributed by atoms with van der Waals surface area (Å²) >= 11 is 6.47. The molecule has 168 valence electrons. The number of hydrogen-bond acceptors (Lipinski definition) is 6. The number of amides is 1. The fraction of sp³-hybridized carbons (Fsp3) is 0.522. The molecule has 1 aliphatic carbocycles. The van der Waals surface area contributed by atoms with Gasteiger partial charge in [0.05, 0.1) is 16.2 Å². The number of hydrogen-bond donors (Lipinski definition) is 2. The lowest BCUT2D eigenvalue weighted by atomic mass is 9.87. The largest absolute Gasteiger partial charge is 0.357 e. The highest BCUT2D eigenvalue weighted by Crippen LogP contribution is 2.34. The van der Waals surface area contributed by atoms with Gasteiger partial charge < -0.3 is 10.2 Å². The van der Waals surface area contributed by atoms with Crippen molar-refractivity contribution in [2.24, 2.45) is 5.92 Å². The van der Waals surface area contributed by atoms with E-state index in [1.807, 2.05) is 24.3 Å². The van der Waals surface area contributed by atoms with Gasteiger partial charge in [-0.3, -0.25) is 4.79 Å². The monoisotopic (exact) mass is 453 g/mol. The van der Waals surface area contributed by atoms with E-state index < -0.39 is 0 Å². The van der Waals surface area contributed by atoms with E-state index in [1.54, 1.807) is 0 Å². The highest BCUT2D eigenvalue weighted by molar-refractivity contribution is 6.35. The number of piperidine rings is 1. The highest BCUT2D eigenvalue weighted by Gasteiger charge is 2.25. The van der Waals surface area contributed by atoms with Gasteiger partial charge in [-0.1, -0.05) is 36.1 Å². The minimum absolute atomic E-state index is 0.0407. The Balaban J connectivity index is 1.29. The fourth-order valence-electron chi connectivity index (χ4n) is 5.02. The van der Waals surface area contributed by atoms with E-state index >= 15 is 0 Å². The number of halogens is 1. The maximum atomic E-state index is 12.7. The predicted molar refractivity (Wildman–Crippen MR) is 125 cm³/mol. The second kappa shape index (κ2) is 9.40. The highest BCUT2D eigenvalue weighted by atomic mass is 35.5. The fourth-order valence-corrected chi connectivity index (χ4v) is 5.24. The van der Waals surface area contributed by atoms with E-state index in [-0.39, 0.29) is 5.91 Å². The Morgan fingerprint density at radius 1 is 1.09 bits per heavy atom. The average Bonchev–Trinajstić information content (AvgIpc) is 3.36. The van der Waals surface area contributed by atoms with Crippen molar-refractivity contribution in [1.82, 2.24) is 25.6 Å². The zero-order valence-corrected chi connectivity index (χ0v) is 18.8. The molecule has 32 heavy (non-hydrogen) atoms. The van der Waals surface area contributed by atoms with Crippen molar-refractivity contribution < 1.29 is 4.79 Å². The lowest BCUT2D eigenvalue weighted by Crippen LogP contribution is -2.33. The second-order valence-corrected chi connectivity index (χ2v) is 9.35. The molecule has 2 aromatic heterocycles. The molecule has 2 fully saturated rings. The van der Waals surface area contributed by atoms with Crippen molar-refractivity contribution >= 4 is 39.9 Å². The SMILES string of the molecule is O=C(CC1CCCCC1)Nc1c(Cl)ccc2nc(N3CCC(c4nn[nH]n4)CC3)ccc12. The number of H-pyrrole nitrogens is 1. The summed E-state index contributed by atoms with van der Waals surface area (Å²) in [5.41, 5.74) is 1.50. The maximum absolute atomic E-state index is 12.7. The Labute approximate surface area is 192 Å². The Morgan fingerprint density at radius 3 is 2.66 bits per heavy atom. The standard InChI is InChI=1S/C23H28ClN7O/c24-18-7-8-19-17(22(18)26-21(32)14-15-4-2-1-3-5-15)6-9-20(25-19)31-12-10-16(11-13-31)23-27-29-30-28-23/h6-9,15-16H,1-5,10-14H2,(H,26,32)(H,27,28,29,30). The van der Waals surface area contributed by atoms with Crippen molar-refractivity contribution in [1.29, 1.82) is 0 Å². The lowest BCUT2D eigenvalue weighted by Gasteiger charge is -2.31. The van der Waals surface area contributed by atoms with Crippen LogP contribution in [0.2, 0.25) is 5.02 Å². The van der Waals surface area contributed by atoms with Crippen LogP contribution in [-0.4, -0.2) is 44.6 Å². The number of nitrogens with one attached hydrogen (secondary N) is 2. The number of carbonyl (C=O) groups is 1. The number of aromatic nitrogens is 5. The van der Waals surface area contributed by atoms with Gasteiger partial charge in [-0.15, -0.1) is 10.2 Å². The van der Waals surface area contributed by atoms with Gasteiger partial charge in [0.2, 0.25) is 5.91 Å². The number of tetrazole rings is 1. The van der Waals surface area contributed by atoms with Crippen LogP contribution in [0.1, 0.15) is 63.1 Å². The molecule has 0 bridgehead atoms. The molecular weight excluding hydrogens is 426 g/mol. The van der Waals surface area contributed by atoms with E-state index in [0.29, 0.717) is 29.0 Å². The molecule has 8 nitrogen and oxygen atoms in total. The normalized spacial score (nSPS) is 18.2. The summed E-state index contributed by atoms with van der Waals surface area (Å²) in [6.07, 6.45) is 8.52. The molecule has 1 saturated carbocycles. The van der Waals surface area contributed by atoms with Crippen LogP contribution in [0.15, 0.2) is 24.3 Å². The van der Waals surface area contributed by atoms with Crippen LogP contribution in [0.5, 0.6) is 0 Å². The Morgan fingerprint density at radius 2 is 1.91 bits per heavy atom. The number of nitrogens with zero attached hydrogens (tertiary/aromatic N) is 5. The molecule has 2 N–H and O–H groups in total. The first-order chi connectivity index (χ1) is 15.7. The molecule has 1 aliphatic heterocycles. The van der Waals surface area contributed by atoms with Crippen LogP contribution in [0, 0.1) is 5.92 Å². The second-order valence-electron chi connectivity index (χ2n) is 8.95. The van der Waals surface area contributed by atoms with E-state index in [1.165, 1.54) is 19.3 Å². The molecule has 2 aliphatic rings. The molecule has 0 radical (unpaired) electrons. The van der Waals surface area contributed by atoms with Crippen LogP contribution in [0.25, 0.3) is 10.9 Å². The number of carbonyl (C=O) groups excluding carboxylic acids is 1. The summed E-state index contributed by atoms with van der Waals surface area (Å²) in [6.45, 7) is 1.77. The Kier molecular flexibility index (Phi) is 6.21. The summed E-state index contributed by atoms with van der Waals surface area (Å²) in [5.74, 6) is 2.58. The summed E-state index contributed by atoms with van der Waals surface area (Å²) in [6, 6.07) is 7.78. The zero-order chi connectivity index (χ0) is 21.9. The third kappa shape index (κ3) is 4.55. The number of pyridine rings is 1. The molecule has 5 rings (SSSR count). The summed E-state index contributed by atoms with van der Waals surface area (Å²) in [4.78, 5) is 19.9. The predicted octanol–water partition coefficient (Wildman–Crippen LogP) is 4.69. The van der Waals surface area contributed by atoms with E-state index in [2.05, 4.69) is 30.8 Å². The van der Waals surface area contributed by atoms with E-state index in [9.17, 15) is 4.79 Å². The number of aromatic amines is 1. The van der Waals surface area contributed by atoms with Crippen molar-refractivity contribution in [2.45, 2.75) is 57.3 Å². The van der Waals surface area contributed by atoms with Crippen LogP contribution < -0.4 is 10.2 Å². The van der Waals surface area contributed by atoms with Gasteiger partial charge in [-0.2, -0.15) is 5.21 Å². The minimum atomic E-state index is 0.0407. The van der Waals surface area contributed by atoms with Crippen molar-refractivity contribution in [2.75, 3.05) is 23.3 Å². The smallest absolute Gasteiger partial charge is 0.224 e. The van der Waals surface area contributed by atoms with Gasteiger partial charge in [-0.25, -0.2) is 4.98 Å². The Bertz CT molecular complexity index is 1070. The van der Waals surface area contributed by atoms with Gasteiger partial charge in [0.1, 0.15) is 5.82 Å². The molecule has 0 atom stereocenters. The van der Waals surface area contributed by atoms with Crippen LogP contribution >= 0.6 is 11.6 Å². The number of anilines is 2. The number of benzene rings is 1.